The summed E-state index contributed by atoms with van der Waals surface area (Å²) >= 11 is 1.72. The molecule has 0 aromatic carbocycles. The van der Waals surface area contributed by atoms with E-state index in [1.54, 1.807) is 23.9 Å². The highest BCUT2D eigenvalue weighted by Gasteiger charge is 2.13. The Kier molecular flexibility index (Phi) is 6.79. The Morgan fingerprint density at radius 3 is 2.95 bits per heavy atom. The zero-order valence-corrected chi connectivity index (χ0v) is 12.3. The molecule has 2 N–H and O–H groups in total. The maximum atomic E-state index is 12.1. The molecular weight excluding hydrogens is 276 g/mol. The number of nitrogens with zero attached hydrogens (tertiary/aromatic N) is 1. The van der Waals surface area contributed by atoms with E-state index in [1.807, 2.05) is 13.2 Å². The third-order valence-corrected chi connectivity index (χ3v) is 3.24. The number of nitrogens with one attached hydrogen (secondary N) is 1. The molecule has 1 atom stereocenters. The van der Waals surface area contributed by atoms with Crippen LogP contribution in [0.1, 0.15) is 29.4 Å². The van der Waals surface area contributed by atoms with Crippen LogP contribution in [0.5, 0.6) is 0 Å². The van der Waals surface area contributed by atoms with Crippen molar-refractivity contribution in [3.8, 4) is 0 Å². The number of carboxylic acids is 1. The largest absolute Gasteiger partial charge is 0.478 e. The fourth-order valence-corrected chi connectivity index (χ4v) is 2.15. The molecule has 0 aliphatic rings. The van der Waals surface area contributed by atoms with Crippen molar-refractivity contribution in [1.82, 2.24) is 10.3 Å². The number of pyridine rings is 1. The van der Waals surface area contributed by atoms with E-state index >= 15 is 0 Å². The first-order chi connectivity index (χ1) is 9.54. The molecule has 1 unspecified atom stereocenters. The van der Waals surface area contributed by atoms with Crippen LogP contribution in [0.15, 0.2) is 24.4 Å². The number of aromatic nitrogens is 1. The normalized spacial score (nSPS) is 12.3. The molecule has 1 heterocycles. The Morgan fingerprint density at radius 2 is 2.30 bits per heavy atom. The van der Waals surface area contributed by atoms with Crippen LogP contribution in [-0.2, 0) is 4.79 Å². The van der Waals surface area contributed by atoms with Crippen molar-refractivity contribution >= 4 is 29.7 Å². The Morgan fingerprint density at radius 1 is 1.55 bits per heavy atom. The molecule has 20 heavy (non-hydrogen) atoms. The fourth-order valence-electron chi connectivity index (χ4n) is 1.56. The van der Waals surface area contributed by atoms with Crippen LogP contribution in [0.2, 0.25) is 0 Å². The summed E-state index contributed by atoms with van der Waals surface area (Å²) in [5, 5.41) is 11.5. The summed E-state index contributed by atoms with van der Waals surface area (Å²) in [6.07, 6.45) is 6.77. The first-order valence-electron chi connectivity index (χ1n) is 6.20. The van der Waals surface area contributed by atoms with Gasteiger partial charge in [-0.15, -0.1) is 0 Å². The van der Waals surface area contributed by atoms with Crippen molar-refractivity contribution in [1.29, 1.82) is 0 Å². The summed E-state index contributed by atoms with van der Waals surface area (Å²) in [5.41, 5.74) is 0.727. The van der Waals surface area contributed by atoms with Gasteiger partial charge in [-0.1, -0.05) is 6.07 Å². The summed E-state index contributed by atoms with van der Waals surface area (Å²) in [6.45, 7) is 1.93. The monoisotopic (exact) mass is 294 g/mol. The van der Waals surface area contributed by atoms with Gasteiger partial charge < -0.3 is 10.4 Å². The first kappa shape index (κ1) is 16.2. The van der Waals surface area contributed by atoms with Crippen LogP contribution in [-0.4, -0.2) is 40.0 Å². The predicted molar refractivity (Wildman–Crippen MR) is 80.8 cm³/mol. The highest BCUT2D eigenvalue weighted by Crippen LogP contribution is 2.09. The van der Waals surface area contributed by atoms with Gasteiger partial charge in [-0.2, -0.15) is 11.8 Å². The van der Waals surface area contributed by atoms with Gasteiger partial charge in [-0.05, 0) is 37.5 Å². The van der Waals surface area contributed by atoms with Crippen LogP contribution in [0, 0.1) is 0 Å². The summed E-state index contributed by atoms with van der Waals surface area (Å²) in [7, 11) is 0. The minimum atomic E-state index is -1.06. The fraction of sp³-hybridized carbons (Fsp3) is 0.357. The molecule has 0 bridgehead atoms. The minimum Gasteiger partial charge on any atom is -0.478 e. The predicted octanol–water partition coefficient (Wildman–Crippen LogP) is 2.05. The lowest BCUT2D eigenvalue weighted by Gasteiger charge is -2.13. The van der Waals surface area contributed by atoms with E-state index in [0.29, 0.717) is 5.56 Å². The summed E-state index contributed by atoms with van der Waals surface area (Å²) in [6, 6.07) is 3.37. The number of hydrogen-bond donors (Lipinski definition) is 2. The summed E-state index contributed by atoms with van der Waals surface area (Å²) in [5.74, 6) is -0.382. The van der Waals surface area contributed by atoms with Gasteiger partial charge in [-0.25, -0.2) is 4.79 Å². The smallest absolute Gasteiger partial charge is 0.328 e. The molecular formula is C14H18N2O3S. The van der Waals surface area contributed by atoms with Crippen LogP contribution >= 0.6 is 11.8 Å². The topological polar surface area (TPSA) is 79.3 Å². The number of aliphatic carboxylic acids is 1. The van der Waals surface area contributed by atoms with Gasteiger partial charge in [0, 0.05) is 23.9 Å². The molecule has 108 valence electrons. The minimum absolute atomic E-state index is 0.0493. The van der Waals surface area contributed by atoms with Crippen molar-refractivity contribution in [2.24, 2.45) is 0 Å². The molecule has 1 aromatic rings. The van der Waals surface area contributed by atoms with Crippen molar-refractivity contribution in [2.45, 2.75) is 19.4 Å². The standard InChI is InChI=1S/C14H18N2O3S/c1-10(7-9-20-2)16-14(19)13-11(4-3-8-15-13)5-6-12(17)18/h3-6,8,10H,7,9H2,1-2H3,(H,16,19)(H,17,18)/b6-5+. The van der Waals surface area contributed by atoms with Crippen molar-refractivity contribution in [2.75, 3.05) is 12.0 Å². The second-order valence-corrected chi connectivity index (χ2v) is 5.25. The lowest BCUT2D eigenvalue weighted by molar-refractivity contribution is -0.131. The quantitative estimate of drug-likeness (QED) is 0.752. The van der Waals surface area contributed by atoms with Gasteiger partial charge in [0.2, 0.25) is 0 Å². The number of rotatable bonds is 7. The average molecular weight is 294 g/mol. The Hall–Kier alpha value is -1.82. The van der Waals surface area contributed by atoms with Crippen molar-refractivity contribution in [3.05, 3.63) is 35.7 Å². The molecule has 0 saturated heterocycles. The van der Waals surface area contributed by atoms with E-state index in [-0.39, 0.29) is 17.6 Å². The van der Waals surface area contributed by atoms with E-state index in [0.717, 1.165) is 18.2 Å². The second kappa shape index (κ2) is 8.37. The SMILES string of the molecule is CSCCC(C)NC(=O)c1ncccc1/C=C/C(=O)O. The van der Waals surface area contributed by atoms with Gasteiger partial charge in [0.05, 0.1) is 0 Å². The van der Waals surface area contributed by atoms with E-state index in [1.165, 1.54) is 12.3 Å². The van der Waals surface area contributed by atoms with Gasteiger partial charge in [0.25, 0.3) is 5.91 Å². The number of carboxylic acid groups (broad SMARTS) is 1. The maximum Gasteiger partial charge on any atom is 0.328 e. The first-order valence-corrected chi connectivity index (χ1v) is 7.59. The zero-order chi connectivity index (χ0) is 15.0. The van der Waals surface area contributed by atoms with Crippen LogP contribution < -0.4 is 5.32 Å². The molecule has 0 spiro atoms. The van der Waals surface area contributed by atoms with Gasteiger partial charge in [-0.3, -0.25) is 9.78 Å². The molecule has 6 heteroatoms. The lowest BCUT2D eigenvalue weighted by atomic mass is 10.1. The number of carbonyl (C=O) groups excluding carboxylic acids is 1. The summed E-state index contributed by atoms with van der Waals surface area (Å²) in [4.78, 5) is 26.7. The number of carbonyl (C=O) groups is 2. The van der Waals surface area contributed by atoms with Crippen LogP contribution in [0.25, 0.3) is 6.08 Å². The van der Waals surface area contributed by atoms with E-state index < -0.39 is 5.97 Å². The second-order valence-electron chi connectivity index (χ2n) is 4.27. The van der Waals surface area contributed by atoms with Crippen molar-refractivity contribution in [3.63, 3.8) is 0 Å². The third-order valence-electron chi connectivity index (χ3n) is 2.59. The van der Waals surface area contributed by atoms with E-state index in [2.05, 4.69) is 10.3 Å². The van der Waals surface area contributed by atoms with Crippen molar-refractivity contribution < 1.29 is 14.7 Å². The molecule has 1 amide bonds. The lowest BCUT2D eigenvalue weighted by Crippen LogP contribution is -2.33. The average Bonchev–Trinajstić information content (AvgIpc) is 2.43. The molecule has 0 aliphatic carbocycles. The Bertz CT molecular complexity index is 503. The third kappa shape index (κ3) is 5.44. The molecule has 0 radical (unpaired) electrons. The molecule has 1 aromatic heterocycles. The van der Waals surface area contributed by atoms with Gasteiger partial charge in [0.1, 0.15) is 5.69 Å². The number of amides is 1. The summed E-state index contributed by atoms with van der Waals surface area (Å²) < 4.78 is 0. The van der Waals surface area contributed by atoms with E-state index in [9.17, 15) is 9.59 Å². The van der Waals surface area contributed by atoms with Crippen LogP contribution in [0.4, 0.5) is 0 Å². The molecule has 0 fully saturated rings. The highest BCUT2D eigenvalue weighted by molar-refractivity contribution is 7.98. The molecule has 5 nitrogen and oxygen atoms in total. The zero-order valence-electron chi connectivity index (χ0n) is 11.5. The molecule has 0 aliphatic heterocycles. The van der Waals surface area contributed by atoms with Crippen LogP contribution in [0.3, 0.4) is 0 Å². The Balaban J connectivity index is 2.79. The van der Waals surface area contributed by atoms with Gasteiger partial charge in [0.15, 0.2) is 0 Å². The number of thioether (sulfide) groups is 1. The molecule has 1 rings (SSSR count). The van der Waals surface area contributed by atoms with Gasteiger partial charge >= 0.3 is 5.97 Å². The molecule has 0 saturated carbocycles. The maximum absolute atomic E-state index is 12.1. The van der Waals surface area contributed by atoms with E-state index in [4.69, 9.17) is 5.11 Å². The highest BCUT2D eigenvalue weighted by atomic mass is 32.2. The Labute approximate surface area is 122 Å². The number of hydrogen-bond acceptors (Lipinski definition) is 4.